The molecule has 0 radical (unpaired) electrons. The maximum absolute atomic E-state index is 12.5. The minimum atomic E-state index is -4.41. The lowest BCUT2D eigenvalue weighted by Crippen LogP contribution is -2.40. The molecule has 0 aliphatic carbocycles. The summed E-state index contributed by atoms with van der Waals surface area (Å²) in [5, 5.41) is 0. The van der Waals surface area contributed by atoms with Crippen molar-refractivity contribution in [2.24, 2.45) is 0 Å². The van der Waals surface area contributed by atoms with Gasteiger partial charge in [0.25, 0.3) is 5.56 Å². The van der Waals surface area contributed by atoms with Crippen LogP contribution in [-0.2, 0) is 6.54 Å². The zero-order chi connectivity index (χ0) is 14.5. The second kappa shape index (κ2) is 6.79. The topological polar surface area (TPSA) is 38.1 Å². The highest BCUT2D eigenvalue weighted by Crippen LogP contribution is 2.18. The Labute approximate surface area is 113 Å². The van der Waals surface area contributed by atoms with Gasteiger partial charge in [-0.2, -0.15) is 13.2 Å². The summed E-state index contributed by atoms with van der Waals surface area (Å²) in [5.41, 5.74) is -0.529. The zero-order valence-electron chi connectivity index (χ0n) is 10.5. The van der Waals surface area contributed by atoms with Crippen molar-refractivity contribution in [3.63, 3.8) is 0 Å². The molecule has 0 spiro atoms. The third kappa shape index (κ3) is 4.74. The molecule has 0 amide bonds. The Kier molecular flexibility index (Phi) is 5.65. The number of aryl methyl sites for hydroxylation is 1. The van der Waals surface area contributed by atoms with Crippen LogP contribution in [0.1, 0.15) is 13.3 Å². The number of halogens is 4. The Bertz CT molecular complexity index is 461. The van der Waals surface area contributed by atoms with Crippen molar-refractivity contribution in [2.45, 2.75) is 26.1 Å². The number of rotatable bonds is 6. The zero-order valence-corrected chi connectivity index (χ0v) is 11.2. The summed E-state index contributed by atoms with van der Waals surface area (Å²) in [4.78, 5) is 16.6. The second-order valence-electron chi connectivity index (χ2n) is 3.98. The molecule has 108 valence electrons. The van der Waals surface area contributed by atoms with Crippen molar-refractivity contribution in [3.05, 3.63) is 22.7 Å². The van der Waals surface area contributed by atoms with E-state index in [2.05, 4.69) is 4.98 Å². The fourth-order valence-electron chi connectivity index (χ4n) is 1.65. The first-order chi connectivity index (χ1) is 8.89. The molecule has 19 heavy (non-hydrogen) atoms. The third-order valence-electron chi connectivity index (χ3n) is 2.38. The van der Waals surface area contributed by atoms with Gasteiger partial charge in [-0.25, -0.2) is 4.98 Å². The summed E-state index contributed by atoms with van der Waals surface area (Å²) < 4.78 is 38.8. The smallest absolute Gasteiger partial charge is 0.342 e. The molecule has 0 unspecified atom stereocenters. The fourth-order valence-corrected chi connectivity index (χ4v) is 1.85. The Hall–Kier alpha value is -1.24. The molecule has 0 N–H and O–H groups in total. The van der Waals surface area contributed by atoms with Crippen LogP contribution in [0.2, 0.25) is 0 Å². The standard InChI is InChI=1S/C11H15ClF3N3O/c1-2-5-17-7-4-16-9(10(17)19)18(6-3-12)8-11(13,14)15/h4,7H,2-3,5-6,8H2,1H3. The van der Waals surface area contributed by atoms with Gasteiger partial charge in [0.1, 0.15) is 6.54 Å². The van der Waals surface area contributed by atoms with E-state index in [-0.39, 0.29) is 18.2 Å². The Balaban J connectivity index is 3.08. The number of nitrogens with zero attached hydrogens (tertiary/aromatic N) is 3. The molecule has 1 rings (SSSR count). The third-order valence-corrected chi connectivity index (χ3v) is 2.55. The van der Waals surface area contributed by atoms with Gasteiger partial charge in [0, 0.05) is 31.4 Å². The van der Waals surface area contributed by atoms with Crippen molar-refractivity contribution >= 4 is 17.4 Å². The van der Waals surface area contributed by atoms with Crippen LogP contribution in [0, 0.1) is 0 Å². The van der Waals surface area contributed by atoms with E-state index in [1.807, 2.05) is 6.92 Å². The van der Waals surface area contributed by atoms with E-state index < -0.39 is 18.3 Å². The van der Waals surface area contributed by atoms with Crippen LogP contribution in [0.4, 0.5) is 19.0 Å². The van der Waals surface area contributed by atoms with Crippen molar-refractivity contribution in [2.75, 3.05) is 23.9 Å². The van der Waals surface area contributed by atoms with Crippen LogP contribution < -0.4 is 10.5 Å². The lowest BCUT2D eigenvalue weighted by atomic mass is 10.4. The van der Waals surface area contributed by atoms with Gasteiger partial charge in [0.2, 0.25) is 0 Å². The molecular formula is C11H15ClF3N3O. The average molecular weight is 298 g/mol. The van der Waals surface area contributed by atoms with Gasteiger partial charge in [-0.3, -0.25) is 4.79 Å². The van der Waals surface area contributed by atoms with Crippen LogP contribution in [0.5, 0.6) is 0 Å². The maximum Gasteiger partial charge on any atom is 0.405 e. The Morgan fingerprint density at radius 2 is 2.16 bits per heavy atom. The summed E-state index contributed by atoms with van der Waals surface area (Å²) in [6, 6.07) is 0. The SMILES string of the molecule is CCCn1ccnc(N(CCCl)CC(F)(F)F)c1=O. The Morgan fingerprint density at radius 3 is 2.68 bits per heavy atom. The first kappa shape index (κ1) is 15.8. The minimum Gasteiger partial charge on any atom is -0.342 e. The quantitative estimate of drug-likeness (QED) is 0.756. The lowest BCUT2D eigenvalue weighted by Gasteiger charge is -2.23. The summed E-state index contributed by atoms with van der Waals surface area (Å²) in [5.74, 6) is -0.228. The highest BCUT2D eigenvalue weighted by Gasteiger charge is 2.32. The van der Waals surface area contributed by atoms with Crippen molar-refractivity contribution in [1.82, 2.24) is 9.55 Å². The van der Waals surface area contributed by atoms with Gasteiger partial charge < -0.3 is 9.47 Å². The molecule has 8 heteroatoms. The predicted molar refractivity (Wildman–Crippen MR) is 67.8 cm³/mol. The molecule has 1 heterocycles. The van der Waals surface area contributed by atoms with Crippen LogP contribution in [0.25, 0.3) is 0 Å². The summed E-state index contributed by atoms with van der Waals surface area (Å²) in [6.45, 7) is 0.991. The number of hydrogen-bond donors (Lipinski definition) is 0. The van der Waals surface area contributed by atoms with Crippen molar-refractivity contribution in [1.29, 1.82) is 0 Å². The first-order valence-electron chi connectivity index (χ1n) is 5.82. The van der Waals surface area contributed by atoms with E-state index in [1.54, 1.807) is 0 Å². The van der Waals surface area contributed by atoms with Gasteiger partial charge in [0.05, 0.1) is 0 Å². The number of hydrogen-bond acceptors (Lipinski definition) is 3. The monoisotopic (exact) mass is 297 g/mol. The average Bonchev–Trinajstić information content (AvgIpc) is 2.30. The molecular weight excluding hydrogens is 283 g/mol. The minimum absolute atomic E-state index is 0.0140. The molecule has 0 aromatic carbocycles. The highest BCUT2D eigenvalue weighted by molar-refractivity contribution is 6.18. The molecule has 1 aromatic heterocycles. The van der Waals surface area contributed by atoms with Crippen molar-refractivity contribution in [3.8, 4) is 0 Å². The van der Waals surface area contributed by atoms with Crippen LogP contribution >= 0.6 is 11.6 Å². The van der Waals surface area contributed by atoms with E-state index in [9.17, 15) is 18.0 Å². The van der Waals surface area contributed by atoms with E-state index in [1.165, 1.54) is 17.0 Å². The molecule has 0 saturated carbocycles. The van der Waals surface area contributed by atoms with E-state index in [0.717, 1.165) is 4.90 Å². The summed E-state index contributed by atoms with van der Waals surface area (Å²) in [6.07, 6.45) is -0.921. The van der Waals surface area contributed by atoms with Gasteiger partial charge in [0.15, 0.2) is 5.82 Å². The highest BCUT2D eigenvalue weighted by atomic mass is 35.5. The molecule has 0 bridgehead atoms. The molecule has 1 aromatic rings. The lowest BCUT2D eigenvalue weighted by molar-refractivity contribution is -0.119. The second-order valence-corrected chi connectivity index (χ2v) is 4.35. The van der Waals surface area contributed by atoms with E-state index in [0.29, 0.717) is 13.0 Å². The largest absolute Gasteiger partial charge is 0.405 e. The van der Waals surface area contributed by atoms with Crippen LogP contribution in [0.15, 0.2) is 17.2 Å². The molecule has 0 aliphatic rings. The summed E-state index contributed by atoms with van der Waals surface area (Å²) in [7, 11) is 0. The van der Waals surface area contributed by atoms with Gasteiger partial charge in [-0.15, -0.1) is 11.6 Å². The maximum atomic E-state index is 12.5. The molecule has 0 saturated heterocycles. The fraction of sp³-hybridized carbons (Fsp3) is 0.636. The number of anilines is 1. The molecule has 0 fully saturated rings. The molecule has 0 atom stereocenters. The number of alkyl halides is 4. The molecule has 4 nitrogen and oxygen atoms in total. The van der Waals surface area contributed by atoms with Gasteiger partial charge in [-0.1, -0.05) is 6.92 Å². The normalized spacial score (nSPS) is 11.6. The van der Waals surface area contributed by atoms with E-state index >= 15 is 0 Å². The van der Waals surface area contributed by atoms with Gasteiger partial charge >= 0.3 is 6.18 Å². The van der Waals surface area contributed by atoms with Crippen LogP contribution in [-0.4, -0.2) is 34.7 Å². The van der Waals surface area contributed by atoms with Gasteiger partial charge in [-0.05, 0) is 6.42 Å². The summed E-state index contributed by atoms with van der Waals surface area (Å²) >= 11 is 5.48. The van der Waals surface area contributed by atoms with Crippen molar-refractivity contribution < 1.29 is 13.2 Å². The van der Waals surface area contributed by atoms with E-state index in [4.69, 9.17) is 11.6 Å². The molecule has 0 aliphatic heterocycles. The predicted octanol–water partition coefficient (Wildman–Crippen LogP) is 2.26. The Morgan fingerprint density at radius 1 is 1.47 bits per heavy atom. The number of aromatic nitrogens is 2. The first-order valence-corrected chi connectivity index (χ1v) is 6.35. The van der Waals surface area contributed by atoms with Crippen LogP contribution in [0.3, 0.4) is 0 Å².